The Hall–Kier alpha value is -11.6. The van der Waals surface area contributed by atoms with Crippen LogP contribution in [0, 0.1) is 80.2 Å². The molecule has 0 aromatic heterocycles. The number of alkyl halides is 8. The summed E-state index contributed by atoms with van der Waals surface area (Å²) in [6, 6.07) is 24.3. The number of anilines is 4. The molecule has 36 heteroatoms. The van der Waals surface area contributed by atoms with Crippen molar-refractivity contribution in [3.63, 3.8) is 0 Å². The summed E-state index contributed by atoms with van der Waals surface area (Å²) in [6.45, 7) is 12.4. The minimum absolute atomic E-state index is 0.0344. The minimum atomic E-state index is -4.21. The summed E-state index contributed by atoms with van der Waals surface area (Å²) < 4.78 is 246. The molecule has 5 aliphatic rings. The maximum Gasteiger partial charge on any atom is 0.352 e. The normalized spacial score (nSPS) is 17.5. The van der Waals surface area contributed by atoms with E-state index in [1.807, 2.05) is 6.92 Å². The zero-order chi connectivity index (χ0) is 92.6. The van der Waals surface area contributed by atoms with Crippen LogP contribution in [0.5, 0.6) is 0 Å². The molecule has 4 atom stereocenters. The van der Waals surface area contributed by atoms with Gasteiger partial charge in [-0.25, -0.2) is 39.8 Å². The first kappa shape index (κ1) is 96.6. The molecule has 8 aromatic carbocycles. The summed E-state index contributed by atoms with van der Waals surface area (Å²) in [6.07, 6.45) is 6.29. The summed E-state index contributed by atoms with van der Waals surface area (Å²) >= 11 is 0. The number of hydrogen-bond donors (Lipinski definition) is 7. The highest BCUT2D eigenvalue weighted by molar-refractivity contribution is 7.97. The molecule has 0 aliphatic carbocycles. The lowest BCUT2D eigenvalue weighted by Gasteiger charge is -2.39. The Kier molecular flexibility index (Phi) is 30.6. The van der Waals surface area contributed by atoms with Crippen molar-refractivity contribution < 1.29 is 108 Å². The van der Waals surface area contributed by atoms with Crippen LogP contribution in [0.1, 0.15) is 157 Å². The highest BCUT2D eigenvalue weighted by Gasteiger charge is 2.54. The van der Waals surface area contributed by atoms with E-state index >= 15 is 26.3 Å². The number of nitrogens with one attached hydrogen (secondary N) is 5. The number of piperidine rings is 4. The summed E-state index contributed by atoms with van der Waals surface area (Å²) in [5.74, 6) is -26.8. The molecule has 2 bridgehead atoms. The molecule has 0 spiro atoms. The maximum atomic E-state index is 15.2. The molecule has 0 saturated carbocycles. The Morgan fingerprint density at radius 1 is 0.373 bits per heavy atom. The Bertz CT molecular complexity index is 5400. The van der Waals surface area contributed by atoms with E-state index < -0.39 is 161 Å². The van der Waals surface area contributed by atoms with Crippen molar-refractivity contribution in [2.75, 3.05) is 66.8 Å². The predicted molar refractivity (Wildman–Crippen MR) is 445 cm³/mol. The van der Waals surface area contributed by atoms with Gasteiger partial charge in [0.2, 0.25) is 0 Å². The number of hydrogen-bond acceptors (Lipinski definition) is 11. The fraction of sp³-hybridized carbons (Fsp3) is 0.356. The van der Waals surface area contributed by atoms with Crippen LogP contribution < -0.4 is 37.5 Å². The molecule has 9 N–H and O–H groups in total. The Balaban J connectivity index is 0.000000176. The zero-order valence-electron chi connectivity index (χ0n) is 69.2. The molecule has 5 heterocycles. The van der Waals surface area contributed by atoms with Crippen molar-refractivity contribution in [1.82, 2.24) is 24.3 Å². The summed E-state index contributed by atoms with van der Waals surface area (Å²) in [5, 5.41) is 9.86. The lowest BCUT2D eigenvalue weighted by molar-refractivity contribution is -0.164. The average molecular weight is 1790 g/mol. The molecular formula is C90H93F16N11O8S. The second kappa shape index (κ2) is 39.9. The number of halogens is 16. The van der Waals surface area contributed by atoms with Crippen LogP contribution in [-0.2, 0) is 47.8 Å². The van der Waals surface area contributed by atoms with Crippen LogP contribution in [0.2, 0.25) is 0 Å². The molecule has 5 aliphatic heterocycles. The van der Waals surface area contributed by atoms with Gasteiger partial charge in [-0.15, -0.1) is 0 Å². The number of rotatable bonds is 19. The second-order valence-electron chi connectivity index (χ2n) is 32.0. The Labute approximate surface area is 716 Å². The van der Waals surface area contributed by atoms with Gasteiger partial charge >= 0.3 is 23.7 Å². The molecule has 19 nitrogen and oxygen atoms in total. The van der Waals surface area contributed by atoms with Gasteiger partial charge in [0.15, 0.2) is 0 Å². The van der Waals surface area contributed by atoms with Crippen molar-refractivity contribution in [2.24, 2.45) is 17.4 Å². The topological polar surface area (TPSA) is 262 Å². The fourth-order valence-corrected chi connectivity index (χ4v) is 16.0. The number of nitrogens with zero attached hydrogens (tertiary/aromatic N) is 4. The van der Waals surface area contributed by atoms with Crippen LogP contribution in [0.15, 0.2) is 158 Å². The van der Waals surface area contributed by atoms with Crippen LogP contribution >= 0.6 is 0 Å². The van der Waals surface area contributed by atoms with Crippen LogP contribution in [0.3, 0.4) is 0 Å². The number of fused-ring (bicyclic) bond motifs is 2. The van der Waals surface area contributed by atoms with Gasteiger partial charge in [0.25, 0.3) is 41.4 Å². The van der Waals surface area contributed by atoms with E-state index in [4.69, 9.17) is 11.5 Å². The van der Waals surface area contributed by atoms with E-state index in [0.717, 1.165) is 81.4 Å². The van der Waals surface area contributed by atoms with Crippen molar-refractivity contribution in [3.8, 4) is 0 Å². The minimum Gasteiger partial charge on any atom is -0.370 e. The third kappa shape index (κ3) is 23.3. The lowest BCUT2D eigenvalue weighted by Crippen LogP contribution is -2.54. The molecular weight excluding hydrogens is 1700 g/mol. The van der Waals surface area contributed by atoms with Gasteiger partial charge in [-0.1, -0.05) is 13.5 Å². The molecule has 674 valence electrons. The number of allylic oxidation sites excluding steroid dienone is 1. The molecule has 126 heavy (non-hydrogen) atoms. The molecule has 5 saturated heterocycles. The fourth-order valence-electron chi connectivity index (χ4n) is 15.1. The van der Waals surface area contributed by atoms with E-state index in [9.17, 15) is 81.7 Å². The first-order valence-electron chi connectivity index (χ1n) is 40.0. The van der Waals surface area contributed by atoms with E-state index in [0.29, 0.717) is 111 Å². The highest BCUT2D eigenvalue weighted by atomic mass is 32.2. The number of carbonyl (C=O) groups is 7. The van der Waals surface area contributed by atoms with E-state index in [-0.39, 0.29) is 108 Å². The van der Waals surface area contributed by atoms with Crippen molar-refractivity contribution in [3.05, 3.63) is 271 Å². The van der Waals surface area contributed by atoms with Crippen molar-refractivity contribution in [2.45, 2.75) is 153 Å². The quantitative estimate of drug-likeness (QED) is 0.0296. The van der Waals surface area contributed by atoms with Crippen molar-refractivity contribution >= 4 is 79.7 Å². The lowest BCUT2D eigenvalue weighted by atomic mass is 9.95. The van der Waals surface area contributed by atoms with Crippen LogP contribution in [0.4, 0.5) is 93.0 Å². The third-order valence-corrected chi connectivity index (χ3v) is 23.1. The number of aryl methyl sites for hydroxylation is 4. The van der Waals surface area contributed by atoms with Crippen LogP contribution in [-0.4, -0.2) is 147 Å². The number of amides is 7. The van der Waals surface area contributed by atoms with Gasteiger partial charge in [0.05, 0.1) is 28.0 Å². The second-order valence-corrected chi connectivity index (χ2v) is 34.3. The predicted octanol–water partition coefficient (Wildman–Crippen LogP) is 17.0. The van der Waals surface area contributed by atoms with E-state index in [2.05, 4.69) is 38.4 Å². The molecule has 2 unspecified atom stereocenters. The number of benzene rings is 8. The molecule has 13 rings (SSSR count). The Morgan fingerprint density at radius 3 is 0.937 bits per heavy atom. The average Bonchev–Trinajstić information content (AvgIpc) is 1.53. The standard InChI is InChI=1S/C23H25F4N3O3S.C23H23F4N3O2.C22H23F4N3O.C22H22F4N2O2/c1-14-12-17(5-7-19(14)24)28-21(31)15-4-6-20(25)18(13-15)23(26,27)22(32)30-10-8-16(9-11-30)29-34(2,3)33;1-12-8-15(3-7-19(12)24)29-21(31)13-2-6-20(25)18(9-13)23(26,27)22(32)30-16-4-5-17(30)11-14(28)10-16;1-13-11-17(4-6-19(13)23)28-21(30)15-3-5-20(24)18(12-15)22(25,26)14(2)29-9-7-16(27)8-10-29;1-13-7-9-28(10-8-13)21(30)22(25,26)17-12-15(3-5-19(17)24)20(29)27-16-4-6-18(23)14(2)11-16/h4-7,12-13,16H,2,8-11H2,1,3H3,(H,28,31)(H,29,33);2-3,6-9,14,16-17H,4-5,10-11,28H2,1H3,(H,29,31);3-6,11-12,16H,2,7-10,27H2,1H3,(H,28,30);3-6,11-13H,7-10H2,1-2H3,(H,27,29)/t;14?,16-,17+;;. The summed E-state index contributed by atoms with van der Waals surface area (Å²) in [7, 11) is -2.49. The van der Waals surface area contributed by atoms with Gasteiger partial charge in [-0.05, 0) is 272 Å². The summed E-state index contributed by atoms with van der Waals surface area (Å²) in [4.78, 5) is 92.3. The SMILES string of the molecule is C=C(N1CCC(N)CC1)C(F)(F)c1cc(C(=O)Nc2ccc(F)c(C)c2)ccc1F.C=S(C)(=O)NC1CCN(C(=O)C(F)(F)c2cc(C(=O)Nc3ccc(F)c(C)c3)ccc2F)CC1.Cc1cc(NC(=O)c2ccc(F)c(C(F)(F)C(=O)N3CCC(C)CC3)c2)ccc1F.Cc1cc(NC(=O)c2ccc(F)c(C(F)(F)C(=O)N3[C@@H]4CC[C@H]3CC(N)C4)c2)ccc1F. The third-order valence-electron chi connectivity index (χ3n) is 22.3. The van der Waals surface area contributed by atoms with Crippen LogP contribution in [0.25, 0.3) is 0 Å². The maximum absolute atomic E-state index is 15.2. The molecule has 8 aromatic rings. The molecule has 5 fully saturated rings. The Morgan fingerprint density at radius 2 is 0.643 bits per heavy atom. The first-order valence-corrected chi connectivity index (χ1v) is 42.2. The van der Waals surface area contributed by atoms with Gasteiger partial charge in [-0.2, -0.15) is 35.1 Å². The summed E-state index contributed by atoms with van der Waals surface area (Å²) in [5.41, 5.74) is 8.06. The van der Waals surface area contributed by atoms with Gasteiger partial charge in [0.1, 0.15) is 46.5 Å². The van der Waals surface area contributed by atoms with Gasteiger partial charge < -0.3 is 52.3 Å². The highest BCUT2D eigenvalue weighted by Crippen LogP contribution is 2.44. The van der Waals surface area contributed by atoms with Crippen molar-refractivity contribution in [1.29, 1.82) is 0 Å². The molecule has 7 amide bonds. The number of carbonyl (C=O) groups excluding carboxylic acids is 7. The molecule has 0 radical (unpaired) electrons. The largest absolute Gasteiger partial charge is 0.370 e. The van der Waals surface area contributed by atoms with E-state index in [1.165, 1.54) is 93.4 Å². The zero-order valence-corrected chi connectivity index (χ0v) is 70.0. The van der Waals surface area contributed by atoms with Gasteiger partial charge in [-0.3, -0.25) is 37.8 Å². The van der Waals surface area contributed by atoms with E-state index in [1.54, 1.807) is 0 Å². The van der Waals surface area contributed by atoms with Gasteiger partial charge in [0, 0.05) is 130 Å². The first-order chi connectivity index (χ1) is 59.0. The number of nitrogens with two attached hydrogens (primary N) is 2. The smallest absolute Gasteiger partial charge is 0.352 e. The number of likely N-dealkylation sites (tertiary alicyclic amines) is 3. The monoisotopic (exact) mass is 1790 g/mol.